The van der Waals surface area contributed by atoms with Crippen LogP contribution in [-0.2, 0) is 19.7 Å². The van der Waals surface area contributed by atoms with Crippen LogP contribution in [-0.4, -0.2) is 38.2 Å². The van der Waals surface area contributed by atoms with E-state index in [0.29, 0.717) is 25.5 Å². The fourth-order valence-electron chi connectivity index (χ4n) is 3.32. The van der Waals surface area contributed by atoms with E-state index in [1.54, 1.807) is 18.5 Å². The molecule has 1 aromatic heterocycles. The van der Waals surface area contributed by atoms with Crippen molar-refractivity contribution in [3.63, 3.8) is 0 Å². The number of aromatic nitrogens is 1. The lowest BCUT2D eigenvalue weighted by Crippen LogP contribution is -2.29. The highest BCUT2D eigenvalue weighted by atomic mass is 32.2. The van der Waals surface area contributed by atoms with Crippen LogP contribution >= 0.6 is 0 Å². The van der Waals surface area contributed by atoms with Crippen LogP contribution in [0.5, 0.6) is 0 Å². The highest BCUT2D eigenvalue weighted by Crippen LogP contribution is 2.23. The molecule has 1 saturated carbocycles. The first-order chi connectivity index (χ1) is 14.1. The van der Waals surface area contributed by atoms with Gasteiger partial charge in [-0.15, -0.1) is 0 Å². The lowest BCUT2D eigenvalue weighted by molar-refractivity contribution is -0.116. The van der Waals surface area contributed by atoms with Gasteiger partial charge in [0, 0.05) is 25.0 Å². The molecule has 1 aromatic rings. The molecule has 1 aliphatic rings. The number of sulfonamides is 1. The molecule has 0 radical (unpaired) electrons. The Bertz CT molecular complexity index is 717. The van der Waals surface area contributed by atoms with E-state index in [4.69, 9.17) is 4.84 Å². The molecule has 0 saturated heterocycles. The van der Waals surface area contributed by atoms with Crippen molar-refractivity contribution in [3.8, 4) is 0 Å². The Balaban J connectivity index is 1.46. The molecule has 8 heteroatoms. The summed E-state index contributed by atoms with van der Waals surface area (Å²) in [5.41, 5.74) is 0.924. The maximum atomic E-state index is 11.9. The van der Waals surface area contributed by atoms with Gasteiger partial charge in [-0.05, 0) is 55.4 Å². The van der Waals surface area contributed by atoms with Crippen LogP contribution in [0.15, 0.2) is 30.6 Å². The minimum absolute atomic E-state index is 0.0682. The normalized spacial score (nSPS) is 15.6. The maximum absolute atomic E-state index is 11.9. The lowest BCUT2D eigenvalue weighted by atomic mass is 9.90. The third-order valence-corrected chi connectivity index (χ3v) is 6.20. The first-order valence-electron chi connectivity index (χ1n) is 10.5. The van der Waals surface area contributed by atoms with E-state index in [9.17, 15) is 13.2 Å². The molecule has 29 heavy (non-hydrogen) atoms. The van der Waals surface area contributed by atoms with Crippen molar-refractivity contribution in [1.29, 1.82) is 0 Å². The number of pyridine rings is 1. The standard InChI is InChI=1S/C21H33N3O4S/c25-21(11-10-19-12-15-22-16-13-19)23-14-6-1-2-7-17-29(26,27)24-28-18-20-8-4-3-5-9-20/h10-13,15-16,20,24H,1-9,14,17-18H2,(H,23,25). The molecule has 1 heterocycles. The third-order valence-electron chi connectivity index (χ3n) is 5.00. The van der Waals surface area contributed by atoms with E-state index in [0.717, 1.165) is 37.7 Å². The van der Waals surface area contributed by atoms with Crippen molar-refractivity contribution < 1.29 is 18.0 Å². The monoisotopic (exact) mass is 423 g/mol. The lowest BCUT2D eigenvalue weighted by Gasteiger charge is -2.20. The molecular formula is C21H33N3O4S. The van der Waals surface area contributed by atoms with Crippen molar-refractivity contribution in [2.45, 2.75) is 57.8 Å². The maximum Gasteiger partial charge on any atom is 0.243 e. The van der Waals surface area contributed by atoms with Crippen LogP contribution in [0, 0.1) is 5.92 Å². The predicted molar refractivity (Wildman–Crippen MR) is 114 cm³/mol. The molecule has 7 nitrogen and oxygen atoms in total. The van der Waals surface area contributed by atoms with Crippen molar-refractivity contribution in [3.05, 3.63) is 36.2 Å². The summed E-state index contributed by atoms with van der Waals surface area (Å²) in [6, 6.07) is 3.65. The number of hydrogen-bond donors (Lipinski definition) is 2. The average Bonchev–Trinajstić information content (AvgIpc) is 2.73. The minimum atomic E-state index is -3.38. The van der Waals surface area contributed by atoms with E-state index in [1.165, 1.54) is 25.3 Å². The molecule has 2 rings (SSSR count). The topological polar surface area (TPSA) is 97.4 Å². The molecule has 0 atom stereocenters. The highest BCUT2D eigenvalue weighted by Gasteiger charge is 2.15. The second kappa shape index (κ2) is 13.5. The van der Waals surface area contributed by atoms with Gasteiger partial charge in [0.05, 0.1) is 12.4 Å². The van der Waals surface area contributed by atoms with E-state index in [2.05, 4.69) is 15.2 Å². The molecule has 1 aliphatic carbocycles. The second-order valence-corrected chi connectivity index (χ2v) is 9.34. The Labute approximate surface area is 174 Å². The Morgan fingerprint density at radius 2 is 1.83 bits per heavy atom. The summed E-state index contributed by atoms with van der Waals surface area (Å²) in [5, 5.41) is 2.83. The zero-order chi connectivity index (χ0) is 20.8. The molecule has 1 fully saturated rings. The van der Waals surface area contributed by atoms with E-state index in [1.807, 2.05) is 12.1 Å². The number of hydrogen-bond acceptors (Lipinski definition) is 5. The number of amides is 1. The van der Waals surface area contributed by atoms with Gasteiger partial charge in [-0.1, -0.05) is 37.0 Å². The fourth-order valence-corrected chi connectivity index (χ4v) is 4.24. The van der Waals surface area contributed by atoms with Crippen LogP contribution in [0.1, 0.15) is 63.4 Å². The van der Waals surface area contributed by atoms with Gasteiger partial charge in [-0.25, -0.2) is 8.42 Å². The average molecular weight is 424 g/mol. The number of carbonyl (C=O) groups is 1. The van der Waals surface area contributed by atoms with Gasteiger partial charge in [-0.2, -0.15) is 0 Å². The molecule has 0 spiro atoms. The molecule has 0 unspecified atom stereocenters. The summed E-state index contributed by atoms with van der Waals surface area (Å²) in [5.74, 6) is 0.406. The van der Waals surface area contributed by atoms with Crippen LogP contribution < -0.4 is 10.2 Å². The van der Waals surface area contributed by atoms with Crippen LogP contribution in [0.25, 0.3) is 6.08 Å². The summed E-state index contributed by atoms with van der Waals surface area (Å²) in [6.45, 7) is 1.05. The molecule has 0 bridgehead atoms. The predicted octanol–water partition coefficient (Wildman–Crippen LogP) is 3.20. The quantitative estimate of drug-likeness (QED) is 0.288. The first-order valence-corrected chi connectivity index (χ1v) is 12.2. The number of rotatable bonds is 13. The summed E-state index contributed by atoms with van der Waals surface area (Å²) < 4.78 is 23.9. The number of unbranched alkanes of at least 4 members (excludes halogenated alkanes) is 3. The van der Waals surface area contributed by atoms with Gasteiger partial charge in [0.25, 0.3) is 0 Å². The van der Waals surface area contributed by atoms with Gasteiger partial charge in [0.15, 0.2) is 0 Å². The SMILES string of the molecule is O=C(C=Cc1ccncc1)NCCCCCCS(=O)(=O)NOCC1CCCCC1. The highest BCUT2D eigenvalue weighted by molar-refractivity contribution is 7.89. The Morgan fingerprint density at radius 1 is 1.10 bits per heavy atom. The van der Waals surface area contributed by atoms with Crippen molar-refractivity contribution >= 4 is 22.0 Å². The van der Waals surface area contributed by atoms with Crippen LogP contribution in [0.4, 0.5) is 0 Å². The van der Waals surface area contributed by atoms with Crippen molar-refractivity contribution in [1.82, 2.24) is 15.2 Å². The van der Waals surface area contributed by atoms with Crippen LogP contribution in [0.2, 0.25) is 0 Å². The smallest absolute Gasteiger partial charge is 0.243 e. The molecular weight excluding hydrogens is 390 g/mol. The molecule has 162 valence electrons. The van der Waals surface area contributed by atoms with Gasteiger partial charge < -0.3 is 5.32 Å². The summed E-state index contributed by atoms with van der Waals surface area (Å²) in [4.78, 5) is 23.1. The van der Waals surface area contributed by atoms with E-state index >= 15 is 0 Å². The summed E-state index contributed by atoms with van der Waals surface area (Å²) >= 11 is 0. The summed E-state index contributed by atoms with van der Waals surface area (Å²) in [7, 11) is -3.38. The largest absolute Gasteiger partial charge is 0.353 e. The van der Waals surface area contributed by atoms with Gasteiger partial charge in [-0.3, -0.25) is 14.6 Å². The van der Waals surface area contributed by atoms with E-state index in [-0.39, 0.29) is 11.7 Å². The Hall–Kier alpha value is -1.77. The number of nitrogens with one attached hydrogen (secondary N) is 2. The third kappa shape index (κ3) is 11.1. The molecule has 0 aliphatic heterocycles. The molecule has 1 amide bonds. The molecule has 0 aromatic carbocycles. The Morgan fingerprint density at radius 3 is 2.59 bits per heavy atom. The van der Waals surface area contributed by atoms with Gasteiger partial charge >= 0.3 is 0 Å². The van der Waals surface area contributed by atoms with Crippen LogP contribution in [0.3, 0.4) is 0 Å². The number of carbonyl (C=O) groups excluding carboxylic acids is 1. The zero-order valence-corrected chi connectivity index (χ0v) is 17.8. The molecule has 2 N–H and O–H groups in total. The second-order valence-electron chi connectivity index (χ2n) is 7.54. The number of nitrogens with zero attached hydrogens (tertiary/aromatic N) is 1. The van der Waals surface area contributed by atoms with Crippen molar-refractivity contribution in [2.24, 2.45) is 5.92 Å². The first kappa shape index (κ1) is 23.5. The van der Waals surface area contributed by atoms with Gasteiger partial charge in [0.2, 0.25) is 15.9 Å². The zero-order valence-electron chi connectivity index (χ0n) is 17.0. The minimum Gasteiger partial charge on any atom is -0.353 e. The van der Waals surface area contributed by atoms with E-state index < -0.39 is 10.0 Å². The van der Waals surface area contributed by atoms with Gasteiger partial charge in [0.1, 0.15) is 0 Å². The van der Waals surface area contributed by atoms with Crippen molar-refractivity contribution in [2.75, 3.05) is 18.9 Å². The Kier molecular flexibility index (Phi) is 10.9. The fraction of sp³-hybridized carbons (Fsp3) is 0.619. The summed E-state index contributed by atoms with van der Waals surface area (Å²) in [6.07, 6.45) is 15.6.